The van der Waals surface area contributed by atoms with E-state index in [0.29, 0.717) is 32.1 Å². The van der Waals surface area contributed by atoms with E-state index in [-0.39, 0.29) is 37.7 Å². The van der Waals surface area contributed by atoms with Crippen molar-refractivity contribution in [3.05, 3.63) is 24.3 Å². The summed E-state index contributed by atoms with van der Waals surface area (Å²) >= 11 is 0. The molecule has 0 spiro atoms. The first-order valence-corrected chi connectivity index (χ1v) is 23.4. The zero-order valence-corrected chi connectivity index (χ0v) is 36.2. The van der Waals surface area contributed by atoms with E-state index in [1.807, 2.05) is 18.2 Å². The van der Waals surface area contributed by atoms with Gasteiger partial charge in [-0.05, 0) is 43.9 Å². The average molecular weight is 835 g/mol. The summed E-state index contributed by atoms with van der Waals surface area (Å²) < 4.78 is 32.7. The topological polar surface area (TPSA) is 210 Å². The number of ether oxygens (including phenoxy) is 2. The molecule has 0 aliphatic heterocycles. The van der Waals surface area contributed by atoms with Gasteiger partial charge in [-0.3, -0.25) is 18.6 Å². The van der Waals surface area contributed by atoms with Gasteiger partial charge in [-0.2, -0.15) is 0 Å². The van der Waals surface area contributed by atoms with Crippen LogP contribution >= 0.6 is 7.82 Å². The number of hydrogen-bond acceptors (Lipinski definition) is 12. The molecule has 57 heavy (non-hydrogen) atoms. The maximum Gasteiger partial charge on any atom is 0.472 e. The van der Waals surface area contributed by atoms with Gasteiger partial charge in [0.05, 0.1) is 38.1 Å². The number of phosphoric acid groups is 1. The average Bonchev–Trinajstić information content (AvgIpc) is 3.46. The summed E-state index contributed by atoms with van der Waals surface area (Å²) in [6, 6.07) is 0. The molecule has 0 bridgehead atoms. The maximum atomic E-state index is 12.7. The van der Waals surface area contributed by atoms with E-state index < -0.39 is 70.1 Å². The van der Waals surface area contributed by atoms with Gasteiger partial charge in [0.1, 0.15) is 12.7 Å². The molecule has 1 rings (SSSR count). The predicted octanol–water partition coefficient (Wildman–Crippen LogP) is 7.63. The van der Waals surface area contributed by atoms with Crippen LogP contribution in [0.15, 0.2) is 24.3 Å². The van der Waals surface area contributed by atoms with Gasteiger partial charge in [-0.15, -0.1) is 0 Å². The van der Waals surface area contributed by atoms with E-state index in [4.69, 9.17) is 19.1 Å². The second-order valence-electron chi connectivity index (χ2n) is 15.9. The van der Waals surface area contributed by atoms with Gasteiger partial charge in [0.25, 0.3) is 0 Å². The Kier molecular flexibility index (Phi) is 31.0. The number of esters is 2. The fraction of sp³-hybridized carbons (Fsp3) is 0.860. The van der Waals surface area contributed by atoms with Gasteiger partial charge in [0.2, 0.25) is 0 Å². The molecule has 0 amide bonds. The lowest BCUT2D eigenvalue weighted by Crippen LogP contribution is -2.29. The van der Waals surface area contributed by atoms with E-state index >= 15 is 0 Å². The molecule has 1 aliphatic carbocycles. The number of unbranched alkanes of at least 4 members (excludes halogenated alkanes) is 12. The zero-order chi connectivity index (χ0) is 42.3. The first-order chi connectivity index (χ1) is 27.3. The summed E-state index contributed by atoms with van der Waals surface area (Å²) in [5.41, 5.74) is 0. The van der Waals surface area contributed by atoms with Crippen molar-refractivity contribution >= 4 is 19.8 Å². The third kappa shape index (κ3) is 27.7. The Morgan fingerprint density at radius 3 is 2.04 bits per heavy atom. The van der Waals surface area contributed by atoms with Gasteiger partial charge >= 0.3 is 19.8 Å². The van der Waals surface area contributed by atoms with Crippen LogP contribution in [-0.2, 0) is 32.7 Å². The molecule has 0 radical (unpaired) electrons. The second-order valence-corrected chi connectivity index (χ2v) is 17.4. The van der Waals surface area contributed by atoms with E-state index in [1.54, 1.807) is 6.08 Å². The third-order valence-electron chi connectivity index (χ3n) is 10.7. The molecule has 1 aliphatic rings. The summed E-state index contributed by atoms with van der Waals surface area (Å²) in [6.07, 6.45) is 22.4. The summed E-state index contributed by atoms with van der Waals surface area (Å²) in [6.45, 7) is 4.33. The van der Waals surface area contributed by atoms with Crippen LogP contribution < -0.4 is 0 Å². The van der Waals surface area contributed by atoms with Crippen molar-refractivity contribution in [1.29, 1.82) is 0 Å². The summed E-state index contributed by atoms with van der Waals surface area (Å²) in [4.78, 5) is 35.2. The number of rotatable bonds is 36. The van der Waals surface area contributed by atoms with Gasteiger partial charge in [-0.25, -0.2) is 4.57 Å². The minimum absolute atomic E-state index is 0.00898. The van der Waals surface area contributed by atoms with Crippen LogP contribution in [0.25, 0.3) is 0 Å². The van der Waals surface area contributed by atoms with Crippen LogP contribution in [0, 0.1) is 17.8 Å². The minimum Gasteiger partial charge on any atom is -0.462 e. The van der Waals surface area contributed by atoms with Gasteiger partial charge in [0, 0.05) is 25.2 Å². The Morgan fingerprint density at radius 2 is 1.39 bits per heavy atom. The highest BCUT2D eigenvalue weighted by molar-refractivity contribution is 7.47. The Labute approximate surface area is 343 Å². The molecule has 0 heterocycles. The summed E-state index contributed by atoms with van der Waals surface area (Å²) in [5, 5.41) is 49.7. The SMILES string of the molecule is CCCCC[C@H](O)/C=C/[C@@H]1[C@@H](C/C=C/CCCC(=O)O[C@H](COC(=O)CCCCCCCCCCCCC(C)CC)COP(=O)(O)OC[C@@H](O)CO)[C@@H](O)C[C@H]1O. The summed E-state index contributed by atoms with van der Waals surface area (Å²) in [5.74, 6) is -0.748. The van der Waals surface area contributed by atoms with Crippen molar-refractivity contribution in [3.63, 3.8) is 0 Å². The number of phosphoric ester groups is 1. The van der Waals surface area contributed by atoms with Gasteiger partial charge in [-0.1, -0.05) is 135 Å². The fourth-order valence-electron chi connectivity index (χ4n) is 6.85. The highest BCUT2D eigenvalue weighted by Gasteiger charge is 2.39. The number of allylic oxidation sites excluding steroid dienone is 2. The largest absolute Gasteiger partial charge is 0.472 e. The molecule has 13 nitrogen and oxygen atoms in total. The van der Waals surface area contributed by atoms with Crippen LogP contribution in [0.2, 0.25) is 0 Å². The van der Waals surface area contributed by atoms with Crippen molar-refractivity contribution in [2.24, 2.45) is 17.8 Å². The predicted molar refractivity (Wildman–Crippen MR) is 221 cm³/mol. The minimum atomic E-state index is -4.68. The van der Waals surface area contributed by atoms with Crippen LogP contribution in [-0.4, -0.2) is 99.3 Å². The molecular weight excluding hydrogens is 755 g/mol. The Balaban J connectivity index is 2.49. The number of carbonyl (C=O) groups excluding carboxylic acids is 2. The molecule has 0 aromatic rings. The van der Waals surface area contributed by atoms with Crippen molar-refractivity contribution in [2.45, 2.75) is 193 Å². The lowest BCUT2D eigenvalue weighted by Gasteiger charge is -2.20. The van der Waals surface area contributed by atoms with Crippen molar-refractivity contribution < 1.29 is 63.1 Å². The maximum absolute atomic E-state index is 12.7. The monoisotopic (exact) mass is 835 g/mol. The molecule has 9 atom stereocenters. The van der Waals surface area contributed by atoms with Crippen LogP contribution in [0.4, 0.5) is 0 Å². The quantitative estimate of drug-likeness (QED) is 0.0155. The highest BCUT2D eigenvalue weighted by Crippen LogP contribution is 2.43. The Morgan fingerprint density at radius 1 is 0.772 bits per heavy atom. The Bertz CT molecular complexity index is 1130. The zero-order valence-electron chi connectivity index (χ0n) is 35.3. The number of aliphatic hydroxyl groups excluding tert-OH is 5. The molecule has 0 saturated heterocycles. The fourth-order valence-corrected chi connectivity index (χ4v) is 7.63. The van der Waals surface area contributed by atoms with E-state index in [0.717, 1.165) is 44.4 Å². The number of carbonyl (C=O) groups is 2. The normalized spacial score (nSPS) is 21.8. The molecule has 1 saturated carbocycles. The molecule has 0 aromatic heterocycles. The molecular formula is C43H79O13P. The standard InChI is InChI=1S/C43H79O13P/c1-4-6-17-23-35(45)27-28-39-38(40(47)29-41(39)48)24-19-15-16-21-26-43(50)56-37(33-55-57(51,52)54-31-36(46)30-44)32-53-42(49)25-20-14-12-10-8-7-9-11-13-18-22-34(3)5-2/h15,19,27-28,34-41,44-48H,4-14,16-18,20-26,29-33H2,1-3H3,(H,51,52)/b19-15+,28-27+/t34?,35-,36-,37+,38+,39+,40-,41+/m0/s1. The lowest BCUT2D eigenvalue weighted by molar-refractivity contribution is -0.161. The van der Waals surface area contributed by atoms with E-state index in [2.05, 4.69) is 25.3 Å². The smallest absolute Gasteiger partial charge is 0.462 e. The molecule has 6 N–H and O–H groups in total. The molecule has 334 valence electrons. The van der Waals surface area contributed by atoms with E-state index in [1.165, 1.54) is 51.4 Å². The molecule has 14 heteroatoms. The lowest BCUT2D eigenvalue weighted by atomic mass is 9.89. The second kappa shape index (κ2) is 33.1. The first-order valence-electron chi connectivity index (χ1n) is 21.9. The van der Waals surface area contributed by atoms with Gasteiger partial charge in [0.15, 0.2) is 6.10 Å². The van der Waals surface area contributed by atoms with E-state index in [9.17, 15) is 39.5 Å². The van der Waals surface area contributed by atoms with Gasteiger partial charge < -0.3 is 39.9 Å². The molecule has 1 fully saturated rings. The van der Waals surface area contributed by atoms with Crippen LogP contribution in [0.5, 0.6) is 0 Å². The first kappa shape index (κ1) is 53.3. The van der Waals surface area contributed by atoms with Crippen molar-refractivity contribution in [1.82, 2.24) is 0 Å². The van der Waals surface area contributed by atoms with Crippen molar-refractivity contribution in [2.75, 3.05) is 26.4 Å². The Hall–Kier alpha value is -1.67. The van der Waals surface area contributed by atoms with Crippen LogP contribution in [0.1, 0.15) is 162 Å². The third-order valence-corrected chi connectivity index (χ3v) is 11.7. The van der Waals surface area contributed by atoms with Crippen LogP contribution in [0.3, 0.4) is 0 Å². The van der Waals surface area contributed by atoms with Crippen molar-refractivity contribution in [3.8, 4) is 0 Å². The molecule has 0 aromatic carbocycles. The molecule has 2 unspecified atom stereocenters. The summed E-state index contributed by atoms with van der Waals surface area (Å²) in [7, 11) is -4.68. The highest BCUT2D eigenvalue weighted by atomic mass is 31.2. The number of hydrogen-bond donors (Lipinski definition) is 6. The number of aliphatic hydroxyl groups is 5.